The third-order valence-corrected chi connectivity index (χ3v) is 3.89. The number of unbranched alkanes of at least 4 members (excludes halogenated alkanes) is 11. The van der Waals surface area contributed by atoms with Gasteiger partial charge in [0, 0.05) is 6.42 Å². The minimum atomic E-state index is -1.55. The molecule has 0 bridgehead atoms. The largest absolute Gasteiger partial charge is 1.00 e. The molecule has 0 N–H and O–H groups in total. The first-order valence-electron chi connectivity index (χ1n) is 9.07. The van der Waals surface area contributed by atoms with Crippen LogP contribution in [0.25, 0.3) is 0 Å². The van der Waals surface area contributed by atoms with Gasteiger partial charge in [0.05, 0.1) is 0 Å². The number of carbonyl (C=O) groups is 2. The minimum absolute atomic E-state index is 0. The van der Waals surface area contributed by atoms with Crippen molar-refractivity contribution in [2.24, 2.45) is 0 Å². The maximum absolute atomic E-state index is 10.8. The van der Waals surface area contributed by atoms with Crippen LogP contribution in [0, 0.1) is 0 Å². The molecule has 0 radical (unpaired) electrons. The van der Waals surface area contributed by atoms with Crippen molar-refractivity contribution in [2.45, 2.75) is 96.8 Å². The molecule has 4 heteroatoms. The minimum Gasteiger partial charge on any atom is -0.542 e. The fourth-order valence-electron chi connectivity index (χ4n) is 2.46. The normalized spacial score (nSPS) is 10.7. The van der Waals surface area contributed by atoms with E-state index in [1.807, 2.05) is 0 Å². The van der Waals surface area contributed by atoms with Crippen LogP contribution in [0.4, 0.5) is 0 Å². The van der Waals surface area contributed by atoms with E-state index in [0.717, 1.165) is 25.7 Å². The Kier molecular flexibility index (Phi) is 21.8. The number of allylic oxidation sites excluding steroid dienone is 2. The van der Waals surface area contributed by atoms with Crippen LogP contribution < -0.4 is 34.7 Å². The summed E-state index contributed by atoms with van der Waals surface area (Å²) in [6, 6.07) is 0. The average Bonchev–Trinajstić information content (AvgIpc) is 2.50. The number of aliphatic carboxylic acids is 1. The summed E-state index contributed by atoms with van der Waals surface area (Å²) < 4.78 is 0. The SMILES string of the molecule is CCCCCCCC/C=C\CCCCCCCC(=O)C(=O)[O-].[Na+]. The first kappa shape index (κ1) is 25.1. The summed E-state index contributed by atoms with van der Waals surface area (Å²) in [6.07, 6.45) is 20.2. The van der Waals surface area contributed by atoms with Crippen molar-refractivity contribution in [3.8, 4) is 0 Å². The summed E-state index contributed by atoms with van der Waals surface area (Å²) in [6.45, 7) is 2.25. The van der Waals surface area contributed by atoms with Gasteiger partial charge in [-0.3, -0.25) is 4.79 Å². The van der Waals surface area contributed by atoms with Gasteiger partial charge in [0.25, 0.3) is 0 Å². The van der Waals surface area contributed by atoms with Crippen molar-refractivity contribution in [1.29, 1.82) is 0 Å². The summed E-state index contributed by atoms with van der Waals surface area (Å²) in [7, 11) is 0. The number of rotatable bonds is 16. The molecular weight excluding hydrogens is 299 g/mol. The number of ketones is 1. The second-order valence-corrected chi connectivity index (χ2v) is 6.04. The van der Waals surface area contributed by atoms with Crippen molar-refractivity contribution in [2.75, 3.05) is 0 Å². The van der Waals surface area contributed by atoms with E-state index < -0.39 is 11.8 Å². The number of carboxylic acids is 1. The molecule has 0 aromatic carbocycles. The molecular formula is C19H33NaO3. The summed E-state index contributed by atoms with van der Waals surface area (Å²) in [4.78, 5) is 21.0. The number of carboxylic acid groups (broad SMARTS) is 1. The van der Waals surface area contributed by atoms with Crippen LogP contribution in [-0.2, 0) is 9.59 Å². The van der Waals surface area contributed by atoms with Crippen LogP contribution >= 0.6 is 0 Å². The van der Waals surface area contributed by atoms with Gasteiger partial charge in [-0.05, 0) is 32.1 Å². The van der Waals surface area contributed by atoms with Crippen LogP contribution in [0.2, 0.25) is 0 Å². The molecule has 23 heavy (non-hydrogen) atoms. The van der Waals surface area contributed by atoms with Crippen LogP contribution in [0.3, 0.4) is 0 Å². The third-order valence-electron chi connectivity index (χ3n) is 3.89. The van der Waals surface area contributed by atoms with E-state index in [0.29, 0.717) is 6.42 Å². The zero-order valence-electron chi connectivity index (χ0n) is 15.3. The molecule has 3 nitrogen and oxygen atoms in total. The molecule has 0 atom stereocenters. The molecule has 0 rings (SSSR count). The Hall–Kier alpha value is -0.120. The molecule has 0 spiro atoms. The maximum Gasteiger partial charge on any atom is 1.00 e. The predicted octanol–water partition coefficient (Wildman–Crippen LogP) is 1.35. The van der Waals surface area contributed by atoms with Gasteiger partial charge in [0.2, 0.25) is 0 Å². The van der Waals surface area contributed by atoms with Gasteiger partial charge >= 0.3 is 29.6 Å². The van der Waals surface area contributed by atoms with Gasteiger partial charge in [0.1, 0.15) is 5.97 Å². The maximum atomic E-state index is 10.8. The predicted molar refractivity (Wildman–Crippen MR) is 89.5 cm³/mol. The van der Waals surface area contributed by atoms with Crippen LogP contribution in [0.15, 0.2) is 12.2 Å². The number of hydrogen-bond donors (Lipinski definition) is 0. The summed E-state index contributed by atoms with van der Waals surface area (Å²) in [5, 5.41) is 10.2. The molecule has 0 aliphatic carbocycles. The Labute approximate surface area is 164 Å². The zero-order valence-corrected chi connectivity index (χ0v) is 17.3. The number of Topliss-reactive ketones (excluding diaryl/α,β-unsaturated/α-hetero) is 1. The Bertz CT molecular complexity index is 314. The van der Waals surface area contributed by atoms with Gasteiger partial charge in [-0.15, -0.1) is 0 Å². The molecule has 0 saturated carbocycles. The number of hydrogen-bond acceptors (Lipinski definition) is 3. The summed E-state index contributed by atoms with van der Waals surface area (Å²) in [5.41, 5.74) is 0. The first-order valence-corrected chi connectivity index (χ1v) is 9.07. The Balaban J connectivity index is 0. The molecule has 128 valence electrons. The summed E-state index contributed by atoms with van der Waals surface area (Å²) in [5.74, 6) is -2.31. The molecule has 0 aliphatic heterocycles. The van der Waals surface area contributed by atoms with Crippen molar-refractivity contribution in [3.05, 3.63) is 12.2 Å². The monoisotopic (exact) mass is 332 g/mol. The van der Waals surface area contributed by atoms with E-state index in [1.54, 1.807) is 0 Å². The van der Waals surface area contributed by atoms with Gasteiger partial charge < -0.3 is 9.90 Å². The second-order valence-electron chi connectivity index (χ2n) is 6.04. The Morgan fingerprint density at radius 1 is 0.739 bits per heavy atom. The average molecular weight is 332 g/mol. The van der Waals surface area contributed by atoms with E-state index in [9.17, 15) is 14.7 Å². The molecule has 0 amide bonds. The second kappa shape index (κ2) is 19.9. The van der Waals surface area contributed by atoms with E-state index in [-0.39, 0.29) is 36.0 Å². The standard InChI is InChI=1S/C19H34O3.Na/c1-2-3-4-5-6-7-8-9-10-11-12-13-14-15-16-17-18(20)19(21)22;/h9-10H,2-8,11-17H2,1H3,(H,21,22);/q;+1/p-1/b10-9-;. The molecule has 0 aromatic heterocycles. The smallest absolute Gasteiger partial charge is 0.542 e. The van der Waals surface area contributed by atoms with Crippen molar-refractivity contribution >= 4 is 11.8 Å². The molecule has 0 fully saturated rings. The molecule has 0 aromatic rings. The van der Waals surface area contributed by atoms with E-state index in [4.69, 9.17) is 0 Å². The molecule has 0 heterocycles. The fourth-order valence-corrected chi connectivity index (χ4v) is 2.46. The van der Waals surface area contributed by atoms with Gasteiger partial charge in [0.15, 0.2) is 5.78 Å². The quantitative estimate of drug-likeness (QED) is 0.185. The fraction of sp³-hybridized carbons (Fsp3) is 0.789. The Morgan fingerprint density at radius 3 is 1.65 bits per heavy atom. The van der Waals surface area contributed by atoms with Crippen LogP contribution in [0.1, 0.15) is 96.8 Å². The zero-order chi connectivity index (χ0) is 16.5. The van der Waals surface area contributed by atoms with Gasteiger partial charge in [-0.1, -0.05) is 70.4 Å². The number of carbonyl (C=O) groups excluding carboxylic acids is 2. The third kappa shape index (κ3) is 19.8. The molecule has 0 aliphatic rings. The summed E-state index contributed by atoms with van der Waals surface area (Å²) >= 11 is 0. The van der Waals surface area contributed by atoms with Crippen LogP contribution in [0.5, 0.6) is 0 Å². The van der Waals surface area contributed by atoms with E-state index in [2.05, 4.69) is 19.1 Å². The topological polar surface area (TPSA) is 57.2 Å². The van der Waals surface area contributed by atoms with Gasteiger partial charge in [-0.25, -0.2) is 0 Å². The van der Waals surface area contributed by atoms with E-state index >= 15 is 0 Å². The van der Waals surface area contributed by atoms with Crippen molar-refractivity contribution < 1.29 is 44.3 Å². The first-order chi connectivity index (χ1) is 10.7. The van der Waals surface area contributed by atoms with Crippen molar-refractivity contribution in [1.82, 2.24) is 0 Å². The Morgan fingerprint density at radius 2 is 1.17 bits per heavy atom. The molecule has 0 unspecified atom stereocenters. The molecule has 0 saturated heterocycles. The van der Waals surface area contributed by atoms with E-state index in [1.165, 1.54) is 51.4 Å². The van der Waals surface area contributed by atoms with Crippen LogP contribution in [-0.4, -0.2) is 11.8 Å². The van der Waals surface area contributed by atoms with Crippen molar-refractivity contribution in [3.63, 3.8) is 0 Å². The van der Waals surface area contributed by atoms with Gasteiger partial charge in [-0.2, -0.15) is 0 Å².